The van der Waals surface area contributed by atoms with Crippen LogP contribution in [0.1, 0.15) is 5.56 Å². The smallest absolute Gasteiger partial charge is 0.412 e. The van der Waals surface area contributed by atoms with Crippen molar-refractivity contribution >= 4 is 5.71 Å². The number of oxime groups is 1. The highest BCUT2D eigenvalue weighted by Crippen LogP contribution is 2.21. The largest absolute Gasteiger partial charge is 0.437 e. The average molecular weight is 208 g/mol. The predicted octanol–water partition coefficient (Wildman–Crippen LogP) is 0.997. The molecule has 0 radical (unpaired) electrons. The van der Waals surface area contributed by atoms with Gasteiger partial charge in [0.25, 0.3) is 0 Å². The summed E-state index contributed by atoms with van der Waals surface area (Å²) in [5.41, 5.74) is -1.54. The molecular formula is C7H7F3N2O2. The van der Waals surface area contributed by atoms with E-state index in [-0.39, 0.29) is 11.0 Å². The normalized spacial score (nSPS) is 12.1. The first-order chi connectivity index (χ1) is 6.05. The molecule has 1 rings (SSSR count). The van der Waals surface area contributed by atoms with Gasteiger partial charge < -0.3 is 10.7 Å². The summed E-state index contributed by atoms with van der Waals surface area (Å²) in [5.74, 6) is 0. The summed E-state index contributed by atoms with van der Waals surface area (Å²) in [6, 6.07) is 2.23. The van der Waals surface area contributed by atoms with Crippen LogP contribution in [0.4, 0.5) is 13.2 Å². The zero-order chi connectivity index (χ0) is 9.90. The minimum atomic E-state index is -4.66. The Morgan fingerprint density at radius 1 is 1.29 bits per heavy atom. The van der Waals surface area contributed by atoms with Crippen molar-refractivity contribution in [1.29, 1.82) is 0 Å². The number of rotatable bonds is 1. The number of hydrogen-bond donors (Lipinski definition) is 1. The molecule has 1 aromatic heterocycles. The molecule has 1 heterocycles. The molecule has 0 aliphatic carbocycles. The van der Waals surface area contributed by atoms with Gasteiger partial charge in [-0.2, -0.15) is 13.2 Å². The van der Waals surface area contributed by atoms with Gasteiger partial charge in [0.05, 0.1) is 0 Å². The fraction of sp³-hybridized carbons (Fsp3) is 0.143. The van der Waals surface area contributed by atoms with E-state index in [1.54, 1.807) is 0 Å². The van der Waals surface area contributed by atoms with E-state index in [9.17, 15) is 13.2 Å². The second-order valence-corrected chi connectivity index (χ2v) is 2.18. The Morgan fingerprint density at radius 3 is 2.14 bits per heavy atom. The lowest BCUT2D eigenvalue weighted by atomic mass is 10.1. The summed E-state index contributed by atoms with van der Waals surface area (Å²) in [6.07, 6.45) is -2.28. The monoisotopic (exact) mass is 208 g/mol. The third-order valence-electron chi connectivity index (χ3n) is 1.32. The van der Waals surface area contributed by atoms with E-state index >= 15 is 0 Å². The van der Waals surface area contributed by atoms with Crippen LogP contribution in [-0.4, -0.2) is 27.6 Å². The predicted molar refractivity (Wildman–Crippen MR) is 42.2 cm³/mol. The fourth-order valence-corrected chi connectivity index (χ4v) is 0.788. The van der Waals surface area contributed by atoms with Crippen molar-refractivity contribution < 1.29 is 23.9 Å². The number of hydrogen-bond acceptors (Lipinski definition) is 3. The van der Waals surface area contributed by atoms with Gasteiger partial charge in [-0.1, -0.05) is 5.16 Å². The molecule has 0 aromatic carbocycles. The number of aromatic nitrogens is 1. The molecule has 7 heteroatoms. The van der Waals surface area contributed by atoms with Crippen molar-refractivity contribution in [2.75, 3.05) is 0 Å². The zero-order valence-corrected chi connectivity index (χ0v) is 6.78. The molecule has 0 bridgehead atoms. The molecular weight excluding hydrogens is 201 g/mol. The Bertz CT molecular complexity index is 310. The highest BCUT2D eigenvalue weighted by atomic mass is 19.4. The maximum atomic E-state index is 12.1. The number of nitrogens with zero attached hydrogens (tertiary/aromatic N) is 2. The van der Waals surface area contributed by atoms with Crippen LogP contribution in [0, 0.1) is 0 Å². The molecule has 0 fully saturated rings. The van der Waals surface area contributed by atoms with E-state index in [2.05, 4.69) is 10.1 Å². The van der Waals surface area contributed by atoms with E-state index in [0.29, 0.717) is 0 Å². The van der Waals surface area contributed by atoms with Gasteiger partial charge in [0, 0.05) is 18.0 Å². The molecule has 0 aliphatic heterocycles. The summed E-state index contributed by atoms with van der Waals surface area (Å²) in [7, 11) is 0. The Kier molecular flexibility index (Phi) is 4.03. The lowest BCUT2D eigenvalue weighted by molar-refractivity contribution is -0.0601. The number of pyridine rings is 1. The molecule has 0 atom stereocenters. The topological polar surface area (TPSA) is 77.0 Å². The minimum absolute atomic E-state index is 0. The highest BCUT2D eigenvalue weighted by Gasteiger charge is 2.37. The van der Waals surface area contributed by atoms with Crippen molar-refractivity contribution in [3.63, 3.8) is 0 Å². The molecule has 0 aliphatic rings. The van der Waals surface area contributed by atoms with E-state index in [1.165, 1.54) is 12.4 Å². The van der Waals surface area contributed by atoms with Crippen molar-refractivity contribution in [2.24, 2.45) is 5.16 Å². The molecule has 3 N–H and O–H groups in total. The third-order valence-corrected chi connectivity index (χ3v) is 1.32. The van der Waals surface area contributed by atoms with Crippen LogP contribution in [-0.2, 0) is 0 Å². The van der Waals surface area contributed by atoms with Gasteiger partial charge in [0.1, 0.15) is 0 Å². The molecule has 0 spiro atoms. The van der Waals surface area contributed by atoms with Crippen molar-refractivity contribution in [1.82, 2.24) is 4.98 Å². The first-order valence-corrected chi connectivity index (χ1v) is 3.25. The lowest BCUT2D eigenvalue weighted by Crippen LogP contribution is -2.23. The number of alkyl halides is 3. The fourth-order valence-electron chi connectivity index (χ4n) is 0.788. The third kappa shape index (κ3) is 2.70. The first-order valence-electron chi connectivity index (χ1n) is 3.25. The molecule has 14 heavy (non-hydrogen) atoms. The quantitative estimate of drug-likeness (QED) is 0.424. The zero-order valence-electron chi connectivity index (χ0n) is 6.78. The summed E-state index contributed by atoms with van der Waals surface area (Å²) in [6.45, 7) is 0. The van der Waals surface area contributed by atoms with Crippen LogP contribution in [0.25, 0.3) is 0 Å². The first kappa shape index (κ1) is 12.4. The molecule has 0 saturated carbocycles. The summed E-state index contributed by atoms with van der Waals surface area (Å²) in [4.78, 5) is 3.54. The van der Waals surface area contributed by atoms with Crippen molar-refractivity contribution in [3.8, 4) is 0 Å². The summed E-state index contributed by atoms with van der Waals surface area (Å²) < 4.78 is 36.3. The minimum Gasteiger partial charge on any atom is -0.412 e. The number of halogens is 3. The van der Waals surface area contributed by atoms with Gasteiger partial charge in [0.15, 0.2) is 5.71 Å². The van der Waals surface area contributed by atoms with Crippen LogP contribution in [0.2, 0.25) is 0 Å². The second kappa shape index (κ2) is 4.56. The maximum Gasteiger partial charge on any atom is 0.437 e. The molecule has 4 nitrogen and oxygen atoms in total. The van der Waals surface area contributed by atoms with Crippen LogP contribution in [0.15, 0.2) is 29.7 Å². The van der Waals surface area contributed by atoms with E-state index in [4.69, 9.17) is 5.21 Å². The maximum absolute atomic E-state index is 12.1. The molecule has 0 saturated heterocycles. The van der Waals surface area contributed by atoms with Gasteiger partial charge in [0.2, 0.25) is 0 Å². The van der Waals surface area contributed by atoms with Crippen molar-refractivity contribution in [2.45, 2.75) is 6.18 Å². The molecule has 78 valence electrons. The van der Waals surface area contributed by atoms with Gasteiger partial charge in [-0.05, 0) is 12.1 Å². The standard InChI is InChI=1S/C7H5F3N2O.H2O/c8-7(9,10)6(12-13)5-1-3-11-4-2-5;/h1-4,13H;1H2. The SMILES string of the molecule is O.ON=C(c1ccncc1)C(F)(F)F. The van der Waals surface area contributed by atoms with Gasteiger partial charge in [-0.3, -0.25) is 4.98 Å². The second-order valence-electron chi connectivity index (χ2n) is 2.18. The van der Waals surface area contributed by atoms with Crippen LogP contribution >= 0.6 is 0 Å². The van der Waals surface area contributed by atoms with Crippen molar-refractivity contribution in [3.05, 3.63) is 30.1 Å². The van der Waals surface area contributed by atoms with Crippen LogP contribution in [0.3, 0.4) is 0 Å². The van der Waals surface area contributed by atoms with Gasteiger partial charge in [-0.15, -0.1) is 0 Å². The average Bonchev–Trinajstić information content (AvgIpc) is 2.05. The Hall–Kier alpha value is -1.63. The Labute approximate surface area is 77.0 Å². The van der Waals surface area contributed by atoms with Crippen LogP contribution in [0.5, 0.6) is 0 Å². The van der Waals surface area contributed by atoms with Gasteiger partial charge in [-0.25, -0.2) is 0 Å². The molecule has 0 unspecified atom stereocenters. The lowest BCUT2D eigenvalue weighted by Gasteiger charge is -2.07. The van der Waals surface area contributed by atoms with Gasteiger partial charge >= 0.3 is 6.18 Å². The summed E-state index contributed by atoms with van der Waals surface area (Å²) >= 11 is 0. The van der Waals surface area contributed by atoms with E-state index in [0.717, 1.165) is 12.1 Å². The molecule has 0 amide bonds. The van der Waals surface area contributed by atoms with E-state index < -0.39 is 11.9 Å². The highest BCUT2D eigenvalue weighted by molar-refractivity contribution is 6.04. The Balaban J connectivity index is 0.00000169. The molecule has 1 aromatic rings. The Morgan fingerprint density at radius 2 is 1.79 bits per heavy atom. The van der Waals surface area contributed by atoms with E-state index in [1.807, 2.05) is 0 Å². The van der Waals surface area contributed by atoms with Crippen LogP contribution < -0.4 is 0 Å². The summed E-state index contributed by atoms with van der Waals surface area (Å²) in [5, 5.41) is 10.4.